The van der Waals surface area contributed by atoms with Gasteiger partial charge in [0, 0.05) is 39.6 Å². The molecule has 6 heteroatoms. The van der Waals surface area contributed by atoms with Crippen molar-refractivity contribution in [1.82, 2.24) is 0 Å². The lowest BCUT2D eigenvalue weighted by Gasteiger charge is -2.32. The van der Waals surface area contributed by atoms with E-state index in [0.717, 1.165) is 38.9 Å². The molecule has 0 aliphatic carbocycles. The molecule has 0 radical (unpaired) electrons. The predicted molar refractivity (Wildman–Crippen MR) is 115 cm³/mol. The zero-order chi connectivity index (χ0) is 21.2. The van der Waals surface area contributed by atoms with Crippen molar-refractivity contribution >= 4 is 0 Å². The van der Waals surface area contributed by atoms with Crippen molar-refractivity contribution < 1.29 is 28.4 Å². The molecule has 1 rings (SSSR count). The van der Waals surface area contributed by atoms with Gasteiger partial charge in [-0.15, -0.1) is 0 Å². The Hall–Kier alpha value is -0.240. The van der Waals surface area contributed by atoms with Gasteiger partial charge < -0.3 is 28.4 Å². The maximum Gasteiger partial charge on any atom is 0.165 e. The van der Waals surface area contributed by atoms with Crippen LogP contribution in [0.3, 0.4) is 0 Å². The van der Waals surface area contributed by atoms with E-state index < -0.39 is 0 Å². The van der Waals surface area contributed by atoms with E-state index in [2.05, 4.69) is 0 Å². The lowest BCUT2D eigenvalue weighted by molar-refractivity contribution is -0.248. The summed E-state index contributed by atoms with van der Waals surface area (Å²) in [7, 11) is 0. The van der Waals surface area contributed by atoms with Crippen LogP contribution >= 0.6 is 0 Å². The van der Waals surface area contributed by atoms with Gasteiger partial charge in [0.1, 0.15) is 0 Å². The molecular weight excluding hydrogens is 372 g/mol. The van der Waals surface area contributed by atoms with Crippen LogP contribution in [-0.4, -0.2) is 58.5 Å². The Morgan fingerprint density at radius 1 is 0.724 bits per heavy atom. The SMILES string of the molecule is CCOC(OCC)C(CCCCCCCOC1CCCCO1)C(OCC)OCC. The van der Waals surface area contributed by atoms with Crippen molar-refractivity contribution in [3.63, 3.8) is 0 Å². The highest BCUT2D eigenvalue weighted by atomic mass is 16.7. The largest absolute Gasteiger partial charge is 0.353 e. The molecule has 0 aromatic carbocycles. The molecule has 0 bridgehead atoms. The zero-order valence-corrected chi connectivity index (χ0v) is 19.4. The fraction of sp³-hybridized carbons (Fsp3) is 1.00. The third kappa shape index (κ3) is 12.3. The van der Waals surface area contributed by atoms with Crippen molar-refractivity contribution in [2.75, 3.05) is 39.6 Å². The fourth-order valence-corrected chi connectivity index (χ4v) is 3.72. The van der Waals surface area contributed by atoms with E-state index >= 15 is 0 Å². The highest BCUT2D eigenvalue weighted by molar-refractivity contribution is 4.69. The monoisotopic (exact) mass is 418 g/mol. The summed E-state index contributed by atoms with van der Waals surface area (Å²) in [6.07, 6.45) is 9.69. The Labute approximate surface area is 178 Å². The van der Waals surface area contributed by atoms with E-state index in [0.29, 0.717) is 26.4 Å². The van der Waals surface area contributed by atoms with Gasteiger partial charge in [-0.1, -0.05) is 25.7 Å². The highest BCUT2D eigenvalue weighted by Gasteiger charge is 2.31. The van der Waals surface area contributed by atoms with Crippen LogP contribution in [0.1, 0.15) is 85.5 Å². The van der Waals surface area contributed by atoms with Gasteiger partial charge in [-0.3, -0.25) is 0 Å². The van der Waals surface area contributed by atoms with E-state index in [1.165, 1.54) is 32.1 Å². The quantitative estimate of drug-likeness (QED) is 0.210. The van der Waals surface area contributed by atoms with Gasteiger partial charge in [0.2, 0.25) is 0 Å². The van der Waals surface area contributed by atoms with Crippen molar-refractivity contribution in [3.8, 4) is 0 Å². The minimum Gasteiger partial charge on any atom is -0.353 e. The van der Waals surface area contributed by atoms with Crippen LogP contribution in [0.2, 0.25) is 0 Å². The van der Waals surface area contributed by atoms with Crippen molar-refractivity contribution in [2.24, 2.45) is 5.92 Å². The van der Waals surface area contributed by atoms with E-state index in [-0.39, 0.29) is 24.8 Å². The second kappa shape index (κ2) is 18.5. The summed E-state index contributed by atoms with van der Waals surface area (Å²) in [5, 5.41) is 0. The summed E-state index contributed by atoms with van der Waals surface area (Å²) in [6.45, 7) is 12.1. The Morgan fingerprint density at radius 3 is 1.79 bits per heavy atom. The van der Waals surface area contributed by atoms with Crippen molar-refractivity contribution in [1.29, 1.82) is 0 Å². The Balaban J connectivity index is 2.30. The van der Waals surface area contributed by atoms with Crippen LogP contribution in [0.25, 0.3) is 0 Å². The molecule has 1 aliphatic heterocycles. The molecular formula is C23H46O6. The number of rotatable bonds is 19. The van der Waals surface area contributed by atoms with Gasteiger partial charge in [-0.25, -0.2) is 0 Å². The van der Waals surface area contributed by atoms with Gasteiger partial charge in [-0.05, 0) is 59.8 Å². The molecule has 0 aromatic heterocycles. The minimum atomic E-state index is -0.281. The van der Waals surface area contributed by atoms with Crippen LogP contribution in [0, 0.1) is 5.92 Å². The second-order valence-corrected chi connectivity index (χ2v) is 7.45. The van der Waals surface area contributed by atoms with Crippen molar-refractivity contribution in [2.45, 2.75) is 104 Å². The standard InChI is InChI=1S/C23H46O6/c1-5-24-22(25-6-2)20(23(26-7-3)27-8-4)16-12-10-9-11-14-18-28-21-17-13-15-19-29-21/h20-23H,5-19H2,1-4H3. The van der Waals surface area contributed by atoms with E-state index in [9.17, 15) is 0 Å². The molecule has 1 atom stereocenters. The summed E-state index contributed by atoms with van der Waals surface area (Å²) in [4.78, 5) is 0. The summed E-state index contributed by atoms with van der Waals surface area (Å²) in [5.74, 6) is 0.0848. The lowest BCUT2D eigenvalue weighted by Crippen LogP contribution is -2.39. The molecule has 29 heavy (non-hydrogen) atoms. The third-order valence-corrected chi connectivity index (χ3v) is 5.15. The summed E-state index contributed by atoms with van der Waals surface area (Å²) in [6, 6.07) is 0. The number of ether oxygens (including phenoxy) is 6. The van der Waals surface area contributed by atoms with Gasteiger partial charge in [0.05, 0.1) is 5.92 Å². The molecule has 1 unspecified atom stereocenters. The van der Waals surface area contributed by atoms with Gasteiger partial charge in [0.15, 0.2) is 18.9 Å². The van der Waals surface area contributed by atoms with E-state index in [1.807, 2.05) is 27.7 Å². The fourth-order valence-electron chi connectivity index (χ4n) is 3.72. The molecule has 0 saturated carbocycles. The normalized spacial score (nSPS) is 17.7. The van der Waals surface area contributed by atoms with Crippen LogP contribution < -0.4 is 0 Å². The molecule has 1 aliphatic rings. The van der Waals surface area contributed by atoms with Crippen LogP contribution in [-0.2, 0) is 28.4 Å². The van der Waals surface area contributed by atoms with Gasteiger partial charge in [-0.2, -0.15) is 0 Å². The number of hydrogen-bond acceptors (Lipinski definition) is 6. The first-order valence-corrected chi connectivity index (χ1v) is 12.0. The maximum absolute atomic E-state index is 5.88. The molecule has 174 valence electrons. The summed E-state index contributed by atoms with van der Waals surface area (Å²) >= 11 is 0. The van der Waals surface area contributed by atoms with Crippen LogP contribution in [0.15, 0.2) is 0 Å². The lowest BCUT2D eigenvalue weighted by atomic mass is 9.98. The van der Waals surface area contributed by atoms with Crippen LogP contribution in [0.4, 0.5) is 0 Å². The highest BCUT2D eigenvalue weighted by Crippen LogP contribution is 2.25. The Bertz CT molecular complexity index is 320. The topological polar surface area (TPSA) is 55.4 Å². The minimum absolute atomic E-state index is 0.0348. The zero-order valence-electron chi connectivity index (χ0n) is 19.4. The first kappa shape index (κ1) is 26.8. The smallest absolute Gasteiger partial charge is 0.165 e. The third-order valence-electron chi connectivity index (χ3n) is 5.15. The molecule has 0 N–H and O–H groups in total. The molecule has 1 fully saturated rings. The first-order chi connectivity index (χ1) is 14.3. The number of unbranched alkanes of at least 4 members (excludes halogenated alkanes) is 4. The Kier molecular flexibility index (Phi) is 17.1. The average Bonchev–Trinajstić information content (AvgIpc) is 2.73. The molecule has 1 saturated heterocycles. The molecule has 1 heterocycles. The van der Waals surface area contributed by atoms with Crippen molar-refractivity contribution in [3.05, 3.63) is 0 Å². The second-order valence-electron chi connectivity index (χ2n) is 7.45. The van der Waals surface area contributed by atoms with Gasteiger partial charge in [0.25, 0.3) is 0 Å². The molecule has 0 spiro atoms. The maximum atomic E-state index is 5.88. The summed E-state index contributed by atoms with van der Waals surface area (Å²) in [5.41, 5.74) is 0. The van der Waals surface area contributed by atoms with Crippen LogP contribution in [0.5, 0.6) is 0 Å². The predicted octanol–water partition coefficient (Wildman–Crippen LogP) is 5.28. The average molecular weight is 419 g/mol. The molecule has 0 amide bonds. The van der Waals surface area contributed by atoms with E-state index in [1.54, 1.807) is 0 Å². The number of hydrogen-bond donors (Lipinski definition) is 0. The Morgan fingerprint density at radius 2 is 1.28 bits per heavy atom. The van der Waals surface area contributed by atoms with Gasteiger partial charge >= 0.3 is 0 Å². The first-order valence-electron chi connectivity index (χ1n) is 12.0. The molecule has 6 nitrogen and oxygen atoms in total. The summed E-state index contributed by atoms with van der Waals surface area (Å²) < 4.78 is 34.9. The van der Waals surface area contributed by atoms with E-state index in [4.69, 9.17) is 28.4 Å². The molecule has 0 aromatic rings.